The maximum Gasteiger partial charge on any atom is 0.251 e. The molecule has 0 saturated heterocycles. The number of aromatic nitrogens is 2. The summed E-state index contributed by atoms with van der Waals surface area (Å²) < 4.78 is 5.46. The van der Waals surface area contributed by atoms with Crippen molar-refractivity contribution in [3.63, 3.8) is 0 Å². The molecule has 0 aliphatic carbocycles. The summed E-state index contributed by atoms with van der Waals surface area (Å²) in [7, 11) is 0. The van der Waals surface area contributed by atoms with Crippen LogP contribution in [-0.2, 0) is 16.1 Å². The average molecular weight is 361 g/mol. The van der Waals surface area contributed by atoms with E-state index in [4.69, 9.17) is 4.74 Å². The van der Waals surface area contributed by atoms with Crippen molar-refractivity contribution in [1.29, 1.82) is 0 Å². The zero-order valence-corrected chi connectivity index (χ0v) is 15.7. The lowest BCUT2D eigenvalue weighted by Gasteiger charge is -2.09. The normalized spacial score (nSPS) is 10.9. The first-order valence-electron chi connectivity index (χ1n) is 8.05. The second-order valence-electron chi connectivity index (χ2n) is 6.04. The molecule has 0 atom stereocenters. The molecule has 0 saturated carbocycles. The molecule has 2 N–H and O–H groups in total. The number of nitrogens with one attached hydrogen (secondary N) is 2. The van der Waals surface area contributed by atoms with E-state index in [1.807, 2.05) is 45.9 Å². The van der Waals surface area contributed by atoms with E-state index in [2.05, 4.69) is 15.3 Å². The lowest BCUT2D eigenvalue weighted by Crippen LogP contribution is -2.16. The molecule has 0 aliphatic heterocycles. The minimum absolute atomic E-state index is 0.0564. The van der Waals surface area contributed by atoms with Crippen LogP contribution in [0.2, 0.25) is 0 Å². The van der Waals surface area contributed by atoms with Crippen molar-refractivity contribution in [3.05, 3.63) is 51.4 Å². The second-order valence-corrected chi connectivity index (χ2v) is 7.00. The predicted molar refractivity (Wildman–Crippen MR) is 100 cm³/mol. The molecule has 6 nitrogen and oxygen atoms in total. The first kappa shape index (κ1) is 19.2. The number of nitrogens with zero attached hydrogens (tertiary/aromatic N) is 1. The first-order chi connectivity index (χ1) is 11.8. The molecule has 7 heteroatoms. The van der Waals surface area contributed by atoms with Gasteiger partial charge in [0.1, 0.15) is 0 Å². The maximum absolute atomic E-state index is 12.1. The molecule has 25 heavy (non-hydrogen) atoms. The molecular weight excluding hydrogens is 338 g/mol. The Morgan fingerprint density at radius 3 is 2.72 bits per heavy atom. The van der Waals surface area contributed by atoms with Gasteiger partial charge in [-0.15, -0.1) is 0 Å². The van der Waals surface area contributed by atoms with Crippen molar-refractivity contribution in [2.75, 3.05) is 11.1 Å². The summed E-state index contributed by atoms with van der Waals surface area (Å²) in [5, 5.41) is 3.25. The molecule has 0 fully saturated rings. The third kappa shape index (κ3) is 6.36. The van der Waals surface area contributed by atoms with Gasteiger partial charge in [-0.25, -0.2) is 4.98 Å². The van der Waals surface area contributed by atoms with Crippen LogP contribution in [-0.4, -0.2) is 27.7 Å². The minimum Gasteiger partial charge on any atom is -0.373 e. The third-order valence-corrected chi connectivity index (χ3v) is 4.34. The van der Waals surface area contributed by atoms with E-state index < -0.39 is 0 Å². The Morgan fingerprint density at radius 2 is 2.04 bits per heavy atom. The van der Waals surface area contributed by atoms with Crippen LogP contribution in [0.25, 0.3) is 0 Å². The summed E-state index contributed by atoms with van der Waals surface area (Å²) >= 11 is 1.18. The minimum atomic E-state index is -0.255. The highest BCUT2D eigenvalue weighted by molar-refractivity contribution is 7.99. The summed E-state index contributed by atoms with van der Waals surface area (Å²) in [5.41, 5.74) is 3.35. The third-order valence-electron chi connectivity index (χ3n) is 3.47. The topological polar surface area (TPSA) is 84.1 Å². The summed E-state index contributed by atoms with van der Waals surface area (Å²) in [6.45, 7) is 8.12. The number of carbonyl (C=O) groups is 1. The van der Waals surface area contributed by atoms with Crippen molar-refractivity contribution < 1.29 is 9.53 Å². The van der Waals surface area contributed by atoms with Gasteiger partial charge < -0.3 is 15.0 Å². The number of amides is 1. The Labute approximate surface area is 151 Å². The smallest absolute Gasteiger partial charge is 0.251 e. The molecule has 134 valence electrons. The number of aromatic amines is 1. The van der Waals surface area contributed by atoms with Gasteiger partial charge in [0, 0.05) is 11.8 Å². The van der Waals surface area contributed by atoms with Crippen LogP contribution >= 0.6 is 11.8 Å². The van der Waals surface area contributed by atoms with Crippen molar-refractivity contribution >= 4 is 23.4 Å². The molecule has 0 radical (unpaired) electrons. The Bertz CT molecular complexity index is 802. The average Bonchev–Trinajstić information content (AvgIpc) is 2.54. The number of anilines is 1. The van der Waals surface area contributed by atoms with E-state index in [0.29, 0.717) is 10.9 Å². The number of carbonyl (C=O) groups excluding carboxylic acids is 1. The Kier molecular flexibility index (Phi) is 6.78. The molecule has 0 spiro atoms. The van der Waals surface area contributed by atoms with Gasteiger partial charge in [0.15, 0.2) is 5.16 Å². The number of hydrogen-bond donors (Lipinski definition) is 2. The Balaban J connectivity index is 1.94. The van der Waals surface area contributed by atoms with Gasteiger partial charge in [-0.3, -0.25) is 9.59 Å². The predicted octanol–water partition coefficient (Wildman–Crippen LogP) is 3.04. The van der Waals surface area contributed by atoms with E-state index in [-0.39, 0.29) is 29.9 Å². The molecule has 1 amide bonds. The number of benzene rings is 1. The van der Waals surface area contributed by atoms with E-state index in [1.54, 1.807) is 0 Å². The highest BCUT2D eigenvalue weighted by Crippen LogP contribution is 2.16. The van der Waals surface area contributed by atoms with Gasteiger partial charge in [-0.2, -0.15) is 0 Å². The number of aryl methyl sites for hydroxylation is 2. The number of ether oxygens (including phenoxy) is 1. The Hall–Kier alpha value is -2.12. The molecule has 0 aliphatic rings. The molecule has 1 aromatic carbocycles. The molecule has 1 heterocycles. The number of rotatable bonds is 7. The van der Waals surface area contributed by atoms with Crippen molar-refractivity contribution in [2.24, 2.45) is 0 Å². The molecule has 0 bridgehead atoms. The lowest BCUT2D eigenvalue weighted by atomic mass is 10.1. The number of hydrogen-bond acceptors (Lipinski definition) is 5. The van der Waals surface area contributed by atoms with Crippen LogP contribution < -0.4 is 10.9 Å². The number of thioether (sulfide) groups is 1. The quantitative estimate of drug-likeness (QED) is 0.585. The van der Waals surface area contributed by atoms with E-state index in [1.165, 1.54) is 23.4 Å². The van der Waals surface area contributed by atoms with Gasteiger partial charge in [0.05, 0.1) is 24.2 Å². The standard InChI is InChI=1S/C18H23N3O3S/c1-11(2)24-9-15-8-16(22)21-18(20-15)25-10-17(23)19-14-6-5-12(3)13(4)7-14/h5-8,11H,9-10H2,1-4H3,(H,19,23)(H,20,21,22). The summed E-state index contributed by atoms with van der Waals surface area (Å²) in [6.07, 6.45) is 0.0564. The van der Waals surface area contributed by atoms with Gasteiger partial charge >= 0.3 is 0 Å². The maximum atomic E-state index is 12.1. The van der Waals surface area contributed by atoms with Crippen LogP contribution in [0.5, 0.6) is 0 Å². The molecule has 1 aromatic heterocycles. The van der Waals surface area contributed by atoms with Crippen molar-refractivity contribution in [1.82, 2.24) is 9.97 Å². The van der Waals surface area contributed by atoms with Gasteiger partial charge in [0.25, 0.3) is 5.56 Å². The Morgan fingerprint density at radius 1 is 1.28 bits per heavy atom. The van der Waals surface area contributed by atoms with Crippen LogP contribution in [0, 0.1) is 13.8 Å². The van der Waals surface area contributed by atoms with E-state index in [0.717, 1.165) is 11.3 Å². The first-order valence-corrected chi connectivity index (χ1v) is 9.04. The van der Waals surface area contributed by atoms with Crippen molar-refractivity contribution in [2.45, 2.75) is 45.6 Å². The molecule has 2 rings (SSSR count). The van der Waals surface area contributed by atoms with Crippen LogP contribution in [0.4, 0.5) is 5.69 Å². The van der Waals surface area contributed by atoms with Gasteiger partial charge in [-0.05, 0) is 51.0 Å². The van der Waals surface area contributed by atoms with E-state index >= 15 is 0 Å². The summed E-state index contributed by atoms with van der Waals surface area (Å²) in [5.74, 6) is 0.00408. The fraction of sp³-hybridized carbons (Fsp3) is 0.389. The fourth-order valence-electron chi connectivity index (χ4n) is 2.03. The second kappa shape index (κ2) is 8.82. The zero-order valence-electron chi connectivity index (χ0n) is 14.9. The monoisotopic (exact) mass is 361 g/mol. The number of H-pyrrole nitrogens is 1. The van der Waals surface area contributed by atoms with Crippen LogP contribution in [0.3, 0.4) is 0 Å². The molecular formula is C18H23N3O3S. The van der Waals surface area contributed by atoms with Crippen LogP contribution in [0.15, 0.2) is 34.2 Å². The van der Waals surface area contributed by atoms with Crippen molar-refractivity contribution in [3.8, 4) is 0 Å². The highest BCUT2D eigenvalue weighted by atomic mass is 32.2. The largest absolute Gasteiger partial charge is 0.373 e. The van der Waals surface area contributed by atoms with E-state index in [9.17, 15) is 9.59 Å². The fourth-order valence-corrected chi connectivity index (χ4v) is 2.72. The SMILES string of the molecule is Cc1ccc(NC(=O)CSc2nc(COC(C)C)cc(=O)[nH]2)cc1C. The van der Waals surface area contributed by atoms with Crippen LogP contribution in [0.1, 0.15) is 30.7 Å². The molecule has 0 unspecified atom stereocenters. The molecule has 2 aromatic rings. The van der Waals surface area contributed by atoms with Gasteiger partial charge in [-0.1, -0.05) is 17.8 Å². The highest BCUT2D eigenvalue weighted by Gasteiger charge is 2.08. The summed E-state index contributed by atoms with van der Waals surface area (Å²) in [6, 6.07) is 7.17. The van der Waals surface area contributed by atoms with Gasteiger partial charge in [0.2, 0.25) is 5.91 Å². The zero-order chi connectivity index (χ0) is 18.4. The summed E-state index contributed by atoms with van der Waals surface area (Å²) in [4.78, 5) is 30.7. The lowest BCUT2D eigenvalue weighted by molar-refractivity contribution is -0.113.